The van der Waals surface area contributed by atoms with Crippen LogP contribution in [0.3, 0.4) is 0 Å². The first-order valence-corrected chi connectivity index (χ1v) is 6.38. The van der Waals surface area contributed by atoms with E-state index >= 15 is 0 Å². The molecule has 0 aliphatic carbocycles. The average Bonchev–Trinajstić information content (AvgIpc) is 2.09. The van der Waals surface area contributed by atoms with Gasteiger partial charge < -0.3 is 0 Å². The topological polar surface area (TPSA) is 17.1 Å². The highest BCUT2D eigenvalue weighted by Gasteiger charge is 2.19. The van der Waals surface area contributed by atoms with Crippen molar-refractivity contribution in [2.45, 2.75) is 63.9 Å². The Labute approximate surface area is 79.4 Å². The fourth-order valence-corrected chi connectivity index (χ4v) is 3.37. The van der Waals surface area contributed by atoms with Crippen LogP contribution in [0.4, 0.5) is 0 Å². The van der Waals surface area contributed by atoms with E-state index in [-0.39, 0.29) is 0 Å². The molecule has 0 bridgehead atoms. The van der Waals surface area contributed by atoms with Crippen molar-refractivity contribution in [2.75, 3.05) is 0 Å². The molecular weight excluding hydrogens is 168 g/mol. The van der Waals surface area contributed by atoms with E-state index in [0.29, 0.717) is 10.5 Å². The van der Waals surface area contributed by atoms with Gasteiger partial charge in [-0.15, -0.1) is 0 Å². The lowest BCUT2D eigenvalue weighted by molar-refractivity contribution is 0.632. The normalized spacial score (nSPS) is 11.9. The van der Waals surface area contributed by atoms with Gasteiger partial charge >= 0.3 is 0 Å². The van der Waals surface area contributed by atoms with E-state index in [4.69, 9.17) is 0 Å². The summed E-state index contributed by atoms with van der Waals surface area (Å²) in [5, 5.41) is 0.852. The van der Waals surface area contributed by atoms with Crippen molar-refractivity contribution in [3.8, 4) is 0 Å². The van der Waals surface area contributed by atoms with E-state index in [1.807, 2.05) is 0 Å². The Bertz CT molecular complexity index is 112. The summed E-state index contributed by atoms with van der Waals surface area (Å²) in [6.45, 7) is 8.53. The summed E-state index contributed by atoms with van der Waals surface area (Å²) in [6, 6.07) is 0. The molecule has 0 heterocycles. The second-order valence-electron chi connectivity index (χ2n) is 3.21. The van der Waals surface area contributed by atoms with Gasteiger partial charge in [0.2, 0.25) is 0 Å². The maximum Gasteiger partial charge on any atom is 0.0345 e. The van der Waals surface area contributed by atoms with E-state index in [1.54, 1.807) is 0 Å². The summed E-state index contributed by atoms with van der Waals surface area (Å²) < 4.78 is 11.9. The molecule has 0 saturated carbocycles. The van der Waals surface area contributed by atoms with Crippen LogP contribution in [0.1, 0.15) is 53.4 Å². The van der Waals surface area contributed by atoms with Gasteiger partial charge in [-0.25, -0.2) is 0 Å². The van der Waals surface area contributed by atoms with Crippen molar-refractivity contribution in [3.05, 3.63) is 0 Å². The Morgan fingerprint density at radius 1 is 0.833 bits per heavy atom. The van der Waals surface area contributed by atoms with Gasteiger partial charge in [0.05, 0.1) is 0 Å². The maximum absolute atomic E-state index is 11.9. The van der Waals surface area contributed by atoms with Crippen LogP contribution in [-0.4, -0.2) is 14.7 Å². The fraction of sp³-hybridized carbons (Fsp3) is 1.00. The highest BCUT2D eigenvalue weighted by atomic mass is 32.2. The van der Waals surface area contributed by atoms with Crippen LogP contribution < -0.4 is 0 Å². The van der Waals surface area contributed by atoms with Gasteiger partial charge in [-0.05, 0) is 25.7 Å². The summed E-state index contributed by atoms with van der Waals surface area (Å²) in [6.07, 6.45) is 4.22. The van der Waals surface area contributed by atoms with Crippen molar-refractivity contribution < 1.29 is 4.21 Å². The molecule has 2 heteroatoms. The second-order valence-corrected chi connectivity index (χ2v) is 5.20. The van der Waals surface area contributed by atoms with Crippen molar-refractivity contribution in [2.24, 2.45) is 0 Å². The maximum atomic E-state index is 11.9. The first-order valence-electron chi connectivity index (χ1n) is 5.10. The van der Waals surface area contributed by atoms with Gasteiger partial charge in [0.1, 0.15) is 0 Å². The molecule has 0 aliphatic heterocycles. The van der Waals surface area contributed by atoms with Crippen molar-refractivity contribution in [1.29, 1.82) is 0 Å². The van der Waals surface area contributed by atoms with Gasteiger partial charge in [-0.3, -0.25) is 4.21 Å². The molecular formula is C10H22OS. The molecule has 1 nitrogen and oxygen atoms in total. The predicted octanol–water partition coefficient (Wildman–Crippen LogP) is 3.11. The second kappa shape index (κ2) is 6.64. The highest BCUT2D eigenvalue weighted by molar-refractivity contribution is 7.86. The van der Waals surface area contributed by atoms with E-state index in [1.165, 1.54) is 0 Å². The number of rotatable bonds is 6. The molecule has 0 aromatic carbocycles. The van der Waals surface area contributed by atoms with Crippen LogP contribution in [0.5, 0.6) is 0 Å². The first-order chi connectivity index (χ1) is 5.71. The lowest BCUT2D eigenvalue weighted by Gasteiger charge is -2.18. The van der Waals surface area contributed by atoms with Crippen molar-refractivity contribution >= 4 is 10.8 Å². The molecule has 0 aromatic rings. The summed E-state index contributed by atoms with van der Waals surface area (Å²) >= 11 is 0. The van der Waals surface area contributed by atoms with Crippen LogP contribution in [-0.2, 0) is 10.8 Å². The van der Waals surface area contributed by atoms with Crippen molar-refractivity contribution in [3.63, 3.8) is 0 Å². The first kappa shape index (κ1) is 12.2. The minimum atomic E-state index is -0.596. The summed E-state index contributed by atoms with van der Waals surface area (Å²) in [5.41, 5.74) is 0. The quantitative estimate of drug-likeness (QED) is 0.629. The molecule has 0 radical (unpaired) electrons. The smallest absolute Gasteiger partial charge is 0.0345 e. The lowest BCUT2D eigenvalue weighted by atomic mass is 10.2. The monoisotopic (exact) mass is 190 g/mol. The third kappa shape index (κ3) is 3.26. The van der Waals surface area contributed by atoms with Gasteiger partial charge in [-0.1, -0.05) is 27.7 Å². The van der Waals surface area contributed by atoms with Gasteiger partial charge in [0.15, 0.2) is 0 Å². The van der Waals surface area contributed by atoms with Crippen LogP contribution in [0.25, 0.3) is 0 Å². The molecule has 0 spiro atoms. The van der Waals surface area contributed by atoms with Crippen LogP contribution >= 0.6 is 0 Å². The van der Waals surface area contributed by atoms with Crippen LogP contribution in [0.2, 0.25) is 0 Å². The fourth-order valence-electron chi connectivity index (χ4n) is 1.51. The summed E-state index contributed by atoms with van der Waals surface area (Å²) in [4.78, 5) is 0. The largest absolute Gasteiger partial charge is 0.259 e. The zero-order valence-corrected chi connectivity index (χ0v) is 9.62. The van der Waals surface area contributed by atoms with Gasteiger partial charge in [0.25, 0.3) is 0 Å². The van der Waals surface area contributed by atoms with E-state index in [0.717, 1.165) is 25.7 Å². The molecule has 0 atom stereocenters. The molecule has 12 heavy (non-hydrogen) atoms. The van der Waals surface area contributed by atoms with E-state index in [2.05, 4.69) is 27.7 Å². The Morgan fingerprint density at radius 3 is 1.25 bits per heavy atom. The van der Waals surface area contributed by atoms with E-state index in [9.17, 15) is 4.21 Å². The molecule has 0 aromatic heterocycles. The lowest BCUT2D eigenvalue weighted by Crippen LogP contribution is -2.24. The molecule has 0 rings (SSSR count). The Balaban J connectivity index is 4.12. The zero-order valence-electron chi connectivity index (χ0n) is 8.80. The minimum Gasteiger partial charge on any atom is -0.259 e. The summed E-state index contributed by atoms with van der Waals surface area (Å²) in [7, 11) is -0.596. The van der Waals surface area contributed by atoms with E-state index < -0.39 is 10.8 Å². The summed E-state index contributed by atoms with van der Waals surface area (Å²) in [5.74, 6) is 0. The Morgan fingerprint density at radius 2 is 1.08 bits per heavy atom. The number of hydrogen-bond donors (Lipinski definition) is 0. The third-order valence-corrected chi connectivity index (χ3v) is 5.13. The van der Waals surface area contributed by atoms with Crippen LogP contribution in [0.15, 0.2) is 0 Å². The van der Waals surface area contributed by atoms with Gasteiger partial charge in [-0.2, -0.15) is 0 Å². The molecule has 0 N–H and O–H groups in total. The Hall–Kier alpha value is 0.150. The van der Waals surface area contributed by atoms with Crippen LogP contribution in [0, 0.1) is 0 Å². The Kier molecular flexibility index (Phi) is 6.73. The molecule has 0 unspecified atom stereocenters. The highest BCUT2D eigenvalue weighted by Crippen LogP contribution is 2.16. The molecule has 0 aliphatic rings. The zero-order chi connectivity index (χ0) is 9.56. The third-order valence-electron chi connectivity index (χ3n) is 2.48. The van der Waals surface area contributed by atoms with Gasteiger partial charge in [0, 0.05) is 21.3 Å². The molecule has 0 amide bonds. The minimum absolute atomic E-state index is 0.426. The SMILES string of the molecule is CCC(CC)S(=O)C(CC)CC. The molecule has 74 valence electrons. The number of hydrogen-bond acceptors (Lipinski definition) is 1. The standard InChI is InChI=1S/C10H22OS/c1-5-9(6-2)12(11)10(7-3)8-4/h9-10H,5-8H2,1-4H3. The van der Waals surface area contributed by atoms with Crippen molar-refractivity contribution in [1.82, 2.24) is 0 Å². The molecule has 0 saturated heterocycles. The predicted molar refractivity (Wildman–Crippen MR) is 56.9 cm³/mol. The average molecular weight is 190 g/mol. The molecule has 0 fully saturated rings.